The van der Waals surface area contributed by atoms with E-state index in [2.05, 4.69) is 4.74 Å². The molecule has 0 saturated carbocycles. The number of rotatable bonds is 2. The molecular weight excluding hydrogens is 232 g/mol. The van der Waals surface area contributed by atoms with Crippen molar-refractivity contribution in [1.82, 2.24) is 0 Å². The molecule has 0 saturated heterocycles. The lowest BCUT2D eigenvalue weighted by atomic mass is 10.1. The molecule has 0 bridgehead atoms. The van der Waals surface area contributed by atoms with Crippen molar-refractivity contribution in [3.05, 3.63) is 35.0 Å². The maximum Gasteiger partial charge on any atom is 0.339 e. The molecule has 1 aromatic carbocycles. The Hall–Kier alpha value is -1.52. The topological polar surface area (TPSA) is 59.7 Å². The normalized spacial score (nSPS) is 12.7. The smallest absolute Gasteiger partial charge is 0.339 e. The summed E-state index contributed by atoms with van der Waals surface area (Å²) in [7, 11) is 1.20. The number of furan rings is 1. The van der Waals surface area contributed by atoms with Gasteiger partial charge in [-0.1, -0.05) is 11.6 Å². The third kappa shape index (κ3) is 1.66. The van der Waals surface area contributed by atoms with E-state index in [1.165, 1.54) is 13.4 Å². The molecule has 2 aromatic rings. The number of methoxy groups -OCH3 is 1. The van der Waals surface area contributed by atoms with E-state index in [0.29, 0.717) is 21.6 Å². The summed E-state index contributed by atoms with van der Waals surface area (Å²) in [6.45, 7) is 0. The van der Waals surface area contributed by atoms with Crippen LogP contribution in [0.4, 0.5) is 0 Å². The quantitative estimate of drug-likeness (QED) is 0.819. The molecule has 1 aromatic heterocycles. The summed E-state index contributed by atoms with van der Waals surface area (Å²) in [4.78, 5) is 11.3. The molecule has 0 radical (unpaired) electrons. The minimum Gasteiger partial charge on any atom is -0.467 e. The van der Waals surface area contributed by atoms with E-state index in [1.807, 2.05) is 0 Å². The molecule has 4 nitrogen and oxygen atoms in total. The van der Waals surface area contributed by atoms with Crippen LogP contribution in [-0.2, 0) is 9.53 Å². The zero-order valence-corrected chi connectivity index (χ0v) is 9.19. The van der Waals surface area contributed by atoms with Gasteiger partial charge in [-0.2, -0.15) is 0 Å². The number of fused-ring (bicyclic) bond motifs is 1. The third-order valence-electron chi connectivity index (χ3n) is 2.32. The Kier molecular flexibility index (Phi) is 2.85. The molecule has 0 amide bonds. The van der Waals surface area contributed by atoms with E-state index in [-0.39, 0.29) is 0 Å². The molecule has 1 N–H and O–H groups in total. The molecule has 1 atom stereocenters. The Morgan fingerprint density at radius 3 is 2.94 bits per heavy atom. The van der Waals surface area contributed by atoms with Gasteiger partial charge in [0.1, 0.15) is 5.58 Å². The van der Waals surface area contributed by atoms with E-state index in [4.69, 9.17) is 16.0 Å². The highest BCUT2D eigenvalue weighted by Gasteiger charge is 2.23. The van der Waals surface area contributed by atoms with E-state index in [0.717, 1.165) is 0 Å². The molecule has 1 heterocycles. The first-order valence-corrected chi connectivity index (χ1v) is 4.94. The Morgan fingerprint density at radius 1 is 1.50 bits per heavy atom. The second-order valence-electron chi connectivity index (χ2n) is 3.22. The van der Waals surface area contributed by atoms with Gasteiger partial charge in [-0.25, -0.2) is 4.79 Å². The molecule has 0 aliphatic carbocycles. The highest BCUT2D eigenvalue weighted by atomic mass is 35.5. The standard InChI is InChI=1S/C11H9ClO4/c1-15-11(14)10(13)9-6-4-5-16-8(6)3-2-7(9)12/h2-5,10,13H,1H3. The van der Waals surface area contributed by atoms with Crippen LogP contribution in [0.1, 0.15) is 11.7 Å². The zero-order chi connectivity index (χ0) is 11.7. The first-order chi connectivity index (χ1) is 7.65. The highest BCUT2D eigenvalue weighted by Crippen LogP contribution is 2.32. The second kappa shape index (κ2) is 4.15. The van der Waals surface area contributed by atoms with Crippen molar-refractivity contribution < 1.29 is 19.1 Å². The minimum atomic E-state index is -1.40. The van der Waals surface area contributed by atoms with E-state index in [9.17, 15) is 9.90 Å². The van der Waals surface area contributed by atoms with Crippen molar-refractivity contribution in [3.63, 3.8) is 0 Å². The van der Waals surface area contributed by atoms with E-state index < -0.39 is 12.1 Å². The monoisotopic (exact) mass is 240 g/mol. The fourth-order valence-corrected chi connectivity index (χ4v) is 1.82. The number of esters is 1. The number of aliphatic hydroxyl groups is 1. The number of benzene rings is 1. The highest BCUT2D eigenvalue weighted by molar-refractivity contribution is 6.32. The van der Waals surface area contributed by atoms with Crippen LogP contribution >= 0.6 is 11.6 Å². The average Bonchev–Trinajstić information content (AvgIpc) is 2.75. The number of ether oxygens (including phenoxy) is 1. The Bertz CT molecular complexity index is 532. The predicted octanol–water partition coefficient (Wildman–Crippen LogP) is 2.29. The summed E-state index contributed by atoms with van der Waals surface area (Å²) in [5.41, 5.74) is 0.863. The van der Waals surface area contributed by atoms with Crippen LogP contribution in [0.25, 0.3) is 11.0 Å². The van der Waals surface area contributed by atoms with Crippen molar-refractivity contribution in [2.24, 2.45) is 0 Å². The lowest BCUT2D eigenvalue weighted by Crippen LogP contribution is -2.14. The summed E-state index contributed by atoms with van der Waals surface area (Å²) in [6.07, 6.45) is 0.0629. The van der Waals surface area contributed by atoms with Crippen LogP contribution in [0.3, 0.4) is 0 Å². The fourth-order valence-electron chi connectivity index (χ4n) is 1.55. The van der Waals surface area contributed by atoms with Crippen molar-refractivity contribution in [2.75, 3.05) is 7.11 Å². The molecule has 1 unspecified atom stereocenters. The maximum atomic E-state index is 11.3. The van der Waals surface area contributed by atoms with Crippen LogP contribution in [0, 0.1) is 0 Å². The molecule has 0 spiro atoms. The number of hydrogen-bond donors (Lipinski definition) is 1. The summed E-state index contributed by atoms with van der Waals surface area (Å²) in [6, 6.07) is 4.88. The molecular formula is C11H9ClO4. The Balaban J connectivity index is 2.61. The van der Waals surface area contributed by atoms with Gasteiger partial charge in [0.05, 0.1) is 13.4 Å². The number of carbonyl (C=O) groups is 1. The second-order valence-corrected chi connectivity index (χ2v) is 3.63. The van der Waals surface area contributed by atoms with Crippen LogP contribution in [-0.4, -0.2) is 18.2 Å². The number of hydrogen-bond acceptors (Lipinski definition) is 4. The van der Waals surface area contributed by atoms with Gasteiger partial charge in [-0.3, -0.25) is 0 Å². The molecule has 84 valence electrons. The predicted molar refractivity (Wildman–Crippen MR) is 58.2 cm³/mol. The lowest BCUT2D eigenvalue weighted by molar-refractivity contribution is -0.150. The van der Waals surface area contributed by atoms with Gasteiger partial charge in [-0.05, 0) is 18.2 Å². The summed E-state index contributed by atoms with van der Waals surface area (Å²) < 4.78 is 9.62. The zero-order valence-electron chi connectivity index (χ0n) is 8.44. The summed E-state index contributed by atoms with van der Waals surface area (Å²) >= 11 is 5.95. The molecule has 16 heavy (non-hydrogen) atoms. The Morgan fingerprint density at radius 2 is 2.25 bits per heavy atom. The van der Waals surface area contributed by atoms with Gasteiger partial charge < -0.3 is 14.3 Å². The van der Waals surface area contributed by atoms with Gasteiger partial charge >= 0.3 is 5.97 Å². The lowest BCUT2D eigenvalue weighted by Gasteiger charge is -2.11. The molecule has 0 fully saturated rings. The van der Waals surface area contributed by atoms with E-state index >= 15 is 0 Å². The van der Waals surface area contributed by atoms with Gasteiger partial charge in [0.15, 0.2) is 6.10 Å². The van der Waals surface area contributed by atoms with Crippen molar-refractivity contribution in [2.45, 2.75) is 6.10 Å². The Labute approximate surface area is 96.4 Å². The van der Waals surface area contributed by atoms with Gasteiger partial charge in [-0.15, -0.1) is 0 Å². The van der Waals surface area contributed by atoms with Crippen molar-refractivity contribution in [1.29, 1.82) is 0 Å². The SMILES string of the molecule is COC(=O)C(O)c1c(Cl)ccc2occc12. The maximum absolute atomic E-state index is 11.3. The number of carbonyl (C=O) groups excluding carboxylic acids is 1. The summed E-state index contributed by atoms with van der Waals surface area (Å²) in [5.74, 6) is -0.754. The van der Waals surface area contributed by atoms with Gasteiger partial charge in [0.2, 0.25) is 0 Å². The van der Waals surface area contributed by atoms with Crippen molar-refractivity contribution >= 4 is 28.5 Å². The summed E-state index contributed by atoms with van der Waals surface area (Å²) in [5, 5.41) is 10.7. The molecule has 2 rings (SSSR count). The van der Waals surface area contributed by atoms with Crippen LogP contribution in [0.2, 0.25) is 5.02 Å². The van der Waals surface area contributed by atoms with Crippen LogP contribution < -0.4 is 0 Å². The average molecular weight is 241 g/mol. The largest absolute Gasteiger partial charge is 0.467 e. The first kappa shape index (κ1) is 11.0. The van der Waals surface area contributed by atoms with Crippen LogP contribution in [0.15, 0.2) is 28.9 Å². The molecule has 0 aliphatic heterocycles. The van der Waals surface area contributed by atoms with E-state index in [1.54, 1.807) is 18.2 Å². The molecule has 0 aliphatic rings. The number of halogens is 1. The van der Waals surface area contributed by atoms with Gasteiger partial charge in [0.25, 0.3) is 0 Å². The van der Waals surface area contributed by atoms with Gasteiger partial charge in [0, 0.05) is 16.0 Å². The minimum absolute atomic E-state index is 0.298. The third-order valence-corrected chi connectivity index (χ3v) is 2.65. The number of aliphatic hydroxyl groups excluding tert-OH is 1. The fraction of sp³-hybridized carbons (Fsp3) is 0.182. The first-order valence-electron chi connectivity index (χ1n) is 4.56. The molecule has 5 heteroatoms. The van der Waals surface area contributed by atoms with Crippen molar-refractivity contribution in [3.8, 4) is 0 Å². The van der Waals surface area contributed by atoms with Crippen LogP contribution in [0.5, 0.6) is 0 Å².